The molecule has 0 unspecified atom stereocenters. The Labute approximate surface area is 101 Å². The smallest absolute Gasteiger partial charge is 0.0719 e. The lowest BCUT2D eigenvalue weighted by molar-refractivity contribution is 0.602. The molecule has 0 radical (unpaired) electrons. The van der Waals surface area contributed by atoms with E-state index in [0.717, 1.165) is 31.7 Å². The molecule has 0 saturated heterocycles. The minimum absolute atomic E-state index is 0.729. The molecule has 0 aliphatic carbocycles. The fraction of sp³-hybridized carbons (Fsp3) is 0.308. The lowest BCUT2D eigenvalue weighted by Gasteiger charge is -2.19. The molecule has 1 aromatic carbocycles. The Morgan fingerprint density at radius 3 is 2.94 bits per heavy atom. The van der Waals surface area contributed by atoms with Gasteiger partial charge in [-0.15, -0.1) is 0 Å². The van der Waals surface area contributed by atoms with Gasteiger partial charge >= 0.3 is 0 Å². The molecule has 2 heterocycles. The molecule has 2 aromatic rings. The van der Waals surface area contributed by atoms with Gasteiger partial charge in [0.1, 0.15) is 0 Å². The number of nitrogen functional groups attached to an aromatic ring is 1. The van der Waals surface area contributed by atoms with E-state index in [1.807, 2.05) is 10.9 Å². The van der Waals surface area contributed by atoms with Crippen LogP contribution in [0.25, 0.3) is 0 Å². The molecule has 88 valence electrons. The highest BCUT2D eigenvalue weighted by Gasteiger charge is 2.17. The van der Waals surface area contributed by atoms with Crippen molar-refractivity contribution in [2.45, 2.75) is 13.0 Å². The van der Waals surface area contributed by atoms with Crippen molar-refractivity contribution in [3.63, 3.8) is 0 Å². The molecule has 0 saturated carbocycles. The molecule has 0 fully saturated rings. The van der Waals surface area contributed by atoms with Gasteiger partial charge in [0.25, 0.3) is 0 Å². The second-order valence-electron chi connectivity index (χ2n) is 4.40. The monoisotopic (exact) mass is 228 g/mol. The van der Waals surface area contributed by atoms with Crippen molar-refractivity contribution < 1.29 is 0 Å². The molecule has 3 rings (SSSR count). The summed E-state index contributed by atoms with van der Waals surface area (Å²) >= 11 is 0. The van der Waals surface area contributed by atoms with Gasteiger partial charge in [-0.2, -0.15) is 5.10 Å². The van der Waals surface area contributed by atoms with Crippen LogP contribution in [-0.2, 0) is 13.0 Å². The first-order valence-electron chi connectivity index (χ1n) is 5.94. The Kier molecular flexibility index (Phi) is 2.48. The van der Waals surface area contributed by atoms with Gasteiger partial charge in [0.05, 0.1) is 18.4 Å². The van der Waals surface area contributed by atoms with Gasteiger partial charge < -0.3 is 10.6 Å². The summed E-state index contributed by atoms with van der Waals surface area (Å²) in [5, 5.41) is 4.20. The largest absolute Gasteiger partial charge is 0.396 e. The Morgan fingerprint density at radius 1 is 1.24 bits per heavy atom. The van der Waals surface area contributed by atoms with Crippen LogP contribution < -0.4 is 10.6 Å². The third kappa shape index (κ3) is 1.98. The van der Waals surface area contributed by atoms with Crippen LogP contribution in [0.2, 0.25) is 0 Å². The molecule has 17 heavy (non-hydrogen) atoms. The van der Waals surface area contributed by atoms with Crippen LogP contribution >= 0.6 is 0 Å². The predicted molar refractivity (Wildman–Crippen MR) is 69.0 cm³/mol. The molecule has 1 aliphatic heterocycles. The zero-order chi connectivity index (χ0) is 11.7. The Morgan fingerprint density at radius 2 is 2.12 bits per heavy atom. The van der Waals surface area contributed by atoms with Crippen LogP contribution in [0, 0.1) is 0 Å². The maximum absolute atomic E-state index is 5.64. The van der Waals surface area contributed by atoms with Crippen LogP contribution in [-0.4, -0.2) is 22.9 Å². The van der Waals surface area contributed by atoms with E-state index in [1.165, 1.54) is 11.3 Å². The van der Waals surface area contributed by atoms with Crippen molar-refractivity contribution in [3.8, 4) is 0 Å². The first kappa shape index (κ1) is 10.2. The highest BCUT2D eigenvalue weighted by atomic mass is 15.3. The number of hydrogen-bond acceptors (Lipinski definition) is 3. The van der Waals surface area contributed by atoms with Crippen LogP contribution in [0.5, 0.6) is 0 Å². The zero-order valence-electron chi connectivity index (χ0n) is 9.71. The van der Waals surface area contributed by atoms with Crippen molar-refractivity contribution >= 4 is 11.4 Å². The van der Waals surface area contributed by atoms with Crippen molar-refractivity contribution in [1.29, 1.82) is 0 Å². The second-order valence-corrected chi connectivity index (χ2v) is 4.40. The fourth-order valence-corrected chi connectivity index (χ4v) is 2.36. The summed E-state index contributed by atoms with van der Waals surface area (Å²) in [6.45, 7) is 2.97. The molecule has 0 amide bonds. The van der Waals surface area contributed by atoms with Crippen LogP contribution in [0.1, 0.15) is 5.56 Å². The minimum atomic E-state index is 0.729. The van der Waals surface area contributed by atoms with E-state index in [9.17, 15) is 0 Å². The number of hydrogen-bond donors (Lipinski definition) is 1. The lowest BCUT2D eigenvalue weighted by Crippen LogP contribution is -2.25. The number of aromatic nitrogens is 2. The van der Waals surface area contributed by atoms with Crippen molar-refractivity contribution in [3.05, 3.63) is 42.2 Å². The summed E-state index contributed by atoms with van der Waals surface area (Å²) in [5.41, 5.74) is 9.19. The standard InChI is InChI=1S/C13H16N4/c14-12-9-15-17(10-12)8-7-16-6-5-11-3-1-2-4-13(11)16/h1-4,9-10H,5-8,14H2. The second kappa shape index (κ2) is 4.13. The number of benzene rings is 1. The van der Waals surface area contributed by atoms with E-state index < -0.39 is 0 Å². The van der Waals surface area contributed by atoms with Crippen molar-refractivity contribution in [2.75, 3.05) is 23.7 Å². The third-order valence-corrected chi connectivity index (χ3v) is 3.24. The molecule has 1 aliphatic rings. The highest BCUT2D eigenvalue weighted by molar-refractivity contribution is 5.57. The Bertz CT molecular complexity index is 518. The van der Waals surface area contributed by atoms with Gasteiger partial charge in [-0.1, -0.05) is 18.2 Å². The Hall–Kier alpha value is -1.97. The highest BCUT2D eigenvalue weighted by Crippen LogP contribution is 2.26. The minimum Gasteiger partial charge on any atom is -0.396 e. The SMILES string of the molecule is Nc1cnn(CCN2CCc3ccccc32)c1. The number of fused-ring (bicyclic) bond motifs is 1. The van der Waals surface area contributed by atoms with Gasteiger partial charge in [-0.05, 0) is 18.1 Å². The van der Waals surface area contributed by atoms with Gasteiger partial charge in [0.15, 0.2) is 0 Å². The number of nitrogens with two attached hydrogens (primary N) is 1. The van der Waals surface area contributed by atoms with E-state index in [-0.39, 0.29) is 0 Å². The van der Waals surface area contributed by atoms with E-state index in [2.05, 4.69) is 34.3 Å². The molecule has 4 nitrogen and oxygen atoms in total. The molecule has 1 aromatic heterocycles. The fourth-order valence-electron chi connectivity index (χ4n) is 2.36. The topological polar surface area (TPSA) is 47.1 Å². The summed E-state index contributed by atoms with van der Waals surface area (Å²) in [6.07, 6.45) is 4.72. The first-order chi connectivity index (χ1) is 8.33. The summed E-state index contributed by atoms with van der Waals surface area (Å²) in [6, 6.07) is 8.61. The van der Waals surface area contributed by atoms with Gasteiger partial charge in [0.2, 0.25) is 0 Å². The molecule has 4 heteroatoms. The normalized spacial score (nSPS) is 14.0. The molecule has 0 bridgehead atoms. The van der Waals surface area contributed by atoms with Gasteiger partial charge in [-0.25, -0.2) is 0 Å². The average molecular weight is 228 g/mol. The van der Waals surface area contributed by atoms with E-state index in [0.29, 0.717) is 0 Å². The van der Waals surface area contributed by atoms with E-state index in [4.69, 9.17) is 5.73 Å². The maximum atomic E-state index is 5.64. The zero-order valence-corrected chi connectivity index (χ0v) is 9.71. The summed E-state index contributed by atoms with van der Waals surface area (Å²) < 4.78 is 1.90. The Balaban J connectivity index is 1.68. The third-order valence-electron chi connectivity index (χ3n) is 3.24. The number of rotatable bonds is 3. The van der Waals surface area contributed by atoms with Crippen molar-refractivity contribution in [1.82, 2.24) is 9.78 Å². The molecular weight excluding hydrogens is 212 g/mol. The molecule has 2 N–H and O–H groups in total. The van der Waals surface area contributed by atoms with Crippen LogP contribution in [0.4, 0.5) is 11.4 Å². The summed E-state index contributed by atoms with van der Waals surface area (Å²) in [5.74, 6) is 0. The number of nitrogens with zero attached hydrogens (tertiary/aromatic N) is 3. The van der Waals surface area contributed by atoms with Crippen molar-refractivity contribution in [2.24, 2.45) is 0 Å². The molecule has 0 spiro atoms. The van der Waals surface area contributed by atoms with Crippen LogP contribution in [0.3, 0.4) is 0 Å². The van der Waals surface area contributed by atoms with E-state index >= 15 is 0 Å². The van der Waals surface area contributed by atoms with E-state index in [1.54, 1.807) is 6.20 Å². The number of anilines is 2. The first-order valence-corrected chi connectivity index (χ1v) is 5.94. The average Bonchev–Trinajstić information content (AvgIpc) is 2.93. The summed E-state index contributed by atoms with van der Waals surface area (Å²) in [4.78, 5) is 2.41. The predicted octanol–water partition coefficient (Wildman–Crippen LogP) is 1.53. The molecular formula is C13H16N4. The quantitative estimate of drug-likeness (QED) is 0.866. The van der Waals surface area contributed by atoms with Crippen LogP contribution in [0.15, 0.2) is 36.7 Å². The summed E-state index contributed by atoms with van der Waals surface area (Å²) in [7, 11) is 0. The molecule has 0 atom stereocenters. The van der Waals surface area contributed by atoms with Gasteiger partial charge in [0, 0.05) is 25.0 Å². The number of para-hydroxylation sites is 1. The maximum Gasteiger partial charge on any atom is 0.0719 e. The lowest BCUT2D eigenvalue weighted by atomic mass is 10.2. The van der Waals surface area contributed by atoms with Gasteiger partial charge in [-0.3, -0.25) is 4.68 Å².